The number of thiazole rings is 1. The zero-order chi connectivity index (χ0) is 12.3. The van der Waals surface area contributed by atoms with E-state index >= 15 is 0 Å². The molecule has 0 aromatic carbocycles. The normalized spacial score (nSPS) is 10.2. The molecule has 1 amide bonds. The van der Waals surface area contributed by atoms with Gasteiger partial charge in [0.15, 0.2) is 5.13 Å². The quantitative estimate of drug-likeness (QED) is 0.870. The maximum absolute atomic E-state index is 11.9. The zero-order valence-electron chi connectivity index (χ0n) is 9.11. The summed E-state index contributed by atoms with van der Waals surface area (Å²) in [5.74, 6) is -0.292. The number of pyridine rings is 1. The summed E-state index contributed by atoms with van der Waals surface area (Å²) in [4.78, 5) is 20.9. The first-order valence-electron chi connectivity index (χ1n) is 5.07. The number of halogens is 1. The van der Waals surface area contributed by atoms with Crippen LogP contribution >= 0.6 is 22.9 Å². The van der Waals surface area contributed by atoms with Gasteiger partial charge in [0.05, 0.1) is 5.56 Å². The molecule has 2 aromatic heterocycles. The van der Waals surface area contributed by atoms with Gasteiger partial charge in [0.2, 0.25) is 0 Å². The smallest absolute Gasteiger partial charge is 0.260 e. The van der Waals surface area contributed by atoms with E-state index in [0.717, 1.165) is 11.3 Å². The van der Waals surface area contributed by atoms with Gasteiger partial charge in [-0.15, -0.1) is 11.3 Å². The molecule has 1 N–H and O–H groups in total. The molecule has 6 heteroatoms. The summed E-state index contributed by atoms with van der Waals surface area (Å²) < 4.78 is 0. The summed E-state index contributed by atoms with van der Waals surface area (Å²) >= 11 is 7.28. The van der Waals surface area contributed by atoms with Crippen LogP contribution in [-0.4, -0.2) is 15.9 Å². The van der Waals surface area contributed by atoms with Crippen LogP contribution in [0.3, 0.4) is 0 Å². The summed E-state index contributed by atoms with van der Waals surface area (Å²) in [6.07, 6.45) is 4.20. The molecule has 17 heavy (non-hydrogen) atoms. The molecule has 0 fully saturated rings. The van der Waals surface area contributed by atoms with Crippen LogP contribution in [0, 0.1) is 0 Å². The number of carbonyl (C=O) groups excluding carboxylic acids is 1. The minimum absolute atomic E-state index is 0.192. The molecule has 0 radical (unpaired) electrons. The van der Waals surface area contributed by atoms with E-state index in [0.29, 0.717) is 10.7 Å². The molecule has 0 atom stereocenters. The van der Waals surface area contributed by atoms with Crippen LogP contribution in [-0.2, 0) is 6.42 Å². The fourth-order valence-corrected chi connectivity index (χ4v) is 2.20. The van der Waals surface area contributed by atoms with Gasteiger partial charge in [0.25, 0.3) is 5.91 Å². The van der Waals surface area contributed by atoms with E-state index in [1.54, 1.807) is 18.3 Å². The SMILES string of the molecule is CCc1cnc(NC(=O)c2cccnc2Cl)s1. The van der Waals surface area contributed by atoms with E-state index in [2.05, 4.69) is 15.3 Å². The number of rotatable bonds is 3. The molecular weight excluding hydrogens is 258 g/mol. The van der Waals surface area contributed by atoms with Crippen molar-refractivity contribution in [3.05, 3.63) is 40.1 Å². The highest BCUT2D eigenvalue weighted by Gasteiger charge is 2.12. The molecule has 4 nitrogen and oxygen atoms in total. The molecule has 0 spiro atoms. The maximum Gasteiger partial charge on any atom is 0.260 e. The highest BCUT2D eigenvalue weighted by molar-refractivity contribution is 7.15. The molecule has 0 aliphatic heterocycles. The number of aryl methyl sites for hydroxylation is 1. The number of nitrogens with one attached hydrogen (secondary N) is 1. The van der Waals surface area contributed by atoms with E-state index < -0.39 is 0 Å². The van der Waals surface area contributed by atoms with Gasteiger partial charge in [0, 0.05) is 17.3 Å². The standard InChI is InChI=1S/C11H10ClN3OS/c1-2-7-6-14-11(17-7)15-10(16)8-4-3-5-13-9(8)12/h3-6H,2H2,1H3,(H,14,15,16). The molecular formula is C11H10ClN3OS. The van der Waals surface area contributed by atoms with Gasteiger partial charge in [-0.2, -0.15) is 0 Å². The molecule has 2 heterocycles. The second-order valence-electron chi connectivity index (χ2n) is 3.28. The lowest BCUT2D eigenvalue weighted by molar-refractivity contribution is 0.102. The molecule has 0 unspecified atom stereocenters. The van der Waals surface area contributed by atoms with Gasteiger partial charge >= 0.3 is 0 Å². The molecule has 0 saturated heterocycles. The van der Waals surface area contributed by atoms with Crippen LogP contribution in [0.5, 0.6) is 0 Å². The van der Waals surface area contributed by atoms with Gasteiger partial charge < -0.3 is 0 Å². The zero-order valence-corrected chi connectivity index (χ0v) is 10.7. The van der Waals surface area contributed by atoms with E-state index in [4.69, 9.17) is 11.6 Å². The van der Waals surface area contributed by atoms with Crippen molar-refractivity contribution < 1.29 is 4.79 Å². The van der Waals surface area contributed by atoms with Crippen molar-refractivity contribution in [2.75, 3.05) is 5.32 Å². The third kappa shape index (κ3) is 2.81. The fourth-order valence-electron chi connectivity index (χ4n) is 1.25. The number of hydrogen-bond acceptors (Lipinski definition) is 4. The van der Waals surface area contributed by atoms with Gasteiger partial charge in [-0.25, -0.2) is 9.97 Å². The van der Waals surface area contributed by atoms with Crippen molar-refractivity contribution in [2.24, 2.45) is 0 Å². The Morgan fingerprint density at radius 2 is 2.35 bits per heavy atom. The molecule has 2 rings (SSSR count). The summed E-state index contributed by atoms with van der Waals surface area (Å²) in [6.45, 7) is 2.04. The van der Waals surface area contributed by atoms with Crippen molar-refractivity contribution >= 4 is 34.0 Å². The van der Waals surface area contributed by atoms with Crippen molar-refractivity contribution in [3.63, 3.8) is 0 Å². The lowest BCUT2D eigenvalue weighted by atomic mass is 10.3. The second-order valence-corrected chi connectivity index (χ2v) is 4.75. The fraction of sp³-hybridized carbons (Fsp3) is 0.182. The molecule has 88 valence electrons. The Kier molecular flexibility index (Phi) is 3.71. The van der Waals surface area contributed by atoms with Crippen LogP contribution in [0.15, 0.2) is 24.5 Å². The Morgan fingerprint density at radius 1 is 1.53 bits per heavy atom. The largest absolute Gasteiger partial charge is 0.298 e. The summed E-state index contributed by atoms with van der Waals surface area (Å²) in [5.41, 5.74) is 0.349. The first-order chi connectivity index (χ1) is 8.20. The van der Waals surface area contributed by atoms with Crippen molar-refractivity contribution in [1.29, 1.82) is 0 Å². The minimum atomic E-state index is -0.292. The van der Waals surface area contributed by atoms with Gasteiger partial charge in [0.1, 0.15) is 5.15 Å². The van der Waals surface area contributed by atoms with E-state index in [9.17, 15) is 4.79 Å². The molecule has 0 bridgehead atoms. The lowest BCUT2D eigenvalue weighted by Gasteiger charge is -2.02. The van der Waals surface area contributed by atoms with Gasteiger partial charge in [-0.3, -0.25) is 10.1 Å². The Bertz CT molecular complexity index is 541. The van der Waals surface area contributed by atoms with E-state index in [1.165, 1.54) is 17.5 Å². The summed E-state index contributed by atoms with van der Waals surface area (Å²) in [5, 5.41) is 3.47. The van der Waals surface area contributed by atoms with Crippen LogP contribution in [0.25, 0.3) is 0 Å². The predicted octanol–water partition coefficient (Wildman–Crippen LogP) is 3.01. The number of aromatic nitrogens is 2. The Balaban J connectivity index is 2.14. The minimum Gasteiger partial charge on any atom is -0.298 e. The average Bonchev–Trinajstić information content (AvgIpc) is 2.77. The molecule has 0 aliphatic carbocycles. The van der Waals surface area contributed by atoms with E-state index in [1.807, 2.05) is 6.92 Å². The number of hydrogen-bond donors (Lipinski definition) is 1. The van der Waals surface area contributed by atoms with E-state index in [-0.39, 0.29) is 11.1 Å². The van der Waals surface area contributed by atoms with Crippen LogP contribution in [0.1, 0.15) is 22.2 Å². The lowest BCUT2D eigenvalue weighted by Crippen LogP contribution is -2.12. The third-order valence-electron chi connectivity index (χ3n) is 2.13. The van der Waals surface area contributed by atoms with Gasteiger partial charge in [-0.05, 0) is 18.6 Å². The predicted molar refractivity (Wildman–Crippen MR) is 68.7 cm³/mol. The first kappa shape index (κ1) is 12.0. The molecule has 0 aliphatic rings. The number of nitrogens with zero attached hydrogens (tertiary/aromatic N) is 2. The summed E-state index contributed by atoms with van der Waals surface area (Å²) in [7, 11) is 0. The number of carbonyl (C=O) groups is 1. The Labute approximate surface area is 108 Å². The van der Waals surface area contributed by atoms with Crippen molar-refractivity contribution in [2.45, 2.75) is 13.3 Å². The Morgan fingerprint density at radius 3 is 3.00 bits per heavy atom. The molecule has 0 saturated carbocycles. The maximum atomic E-state index is 11.9. The van der Waals surface area contributed by atoms with Crippen molar-refractivity contribution in [3.8, 4) is 0 Å². The average molecular weight is 268 g/mol. The van der Waals surface area contributed by atoms with Crippen LogP contribution in [0.2, 0.25) is 5.15 Å². The summed E-state index contributed by atoms with van der Waals surface area (Å²) in [6, 6.07) is 3.29. The first-order valence-corrected chi connectivity index (χ1v) is 6.26. The van der Waals surface area contributed by atoms with Gasteiger partial charge in [-0.1, -0.05) is 18.5 Å². The number of amides is 1. The third-order valence-corrected chi connectivity index (χ3v) is 3.48. The second kappa shape index (κ2) is 5.25. The number of anilines is 1. The van der Waals surface area contributed by atoms with Crippen LogP contribution in [0.4, 0.5) is 5.13 Å². The Hall–Kier alpha value is -1.46. The molecule has 2 aromatic rings. The monoisotopic (exact) mass is 267 g/mol. The van der Waals surface area contributed by atoms with Crippen molar-refractivity contribution in [1.82, 2.24) is 9.97 Å². The van der Waals surface area contributed by atoms with Crippen LogP contribution < -0.4 is 5.32 Å². The highest BCUT2D eigenvalue weighted by Crippen LogP contribution is 2.20. The topological polar surface area (TPSA) is 54.9 Å². The highest BCUT2D eigenvalue weighted by atomic mass is 35.5.